The molecule has 91 heavy (non-hydrogen) atoms. The molecule has 3 heteroatoms. The summed E-state index contributed by atoms with van der Waals surface area (Å²) in [5.41, 5.74) is 24.1. The number of hydrogen-bond donors (Lipinski definition) is 0. The van der Waals surface area contributed by atoms with E-state index in [4.69, 9.17) is 0 Å². The van der Waals surface area contributed by atoms with Crippen LogP contribution in [0.15, 0.2) is 224 Å². The summed E-state index contributed by atoms with van der Waals surface area (Å²) in [6, 6.07) is 88.3. The molecule has 2 aliphatic heterocycles. The Morgan fingerprint density at radius 3 is 1.18 bits per heavy atom. The van der Waals surface area contributed by atoms with E-state index in [2.05, 4.69) is 317 Å². The third kappa shape index (κ3) is 7.61. The first-order chi connectivity index (χ1) is 43.7. The van der Waals surface area contributed by atoms with E-state index in [1.807, 2.05) is 0 Å². The van der Waals surface area contributed by atoms with Crippen LogP contribution in [0.25, 0.3) is 153 Å². The third-order valence-corrected chi connectivity index (χ3v) is 21.3. The molecule has 0 radical (unpaired) electrons. The zero-order valence-corrected chi connectivity index (χ0v) is 54.3. The molecule has 0 saturated carbocycles. The summed E-state index contributed by atoms with van der Waals surface area (Å²) >= 11 is 0. The highest BCUT2D eigenvalue weighted by atomic mass is 15.0. The molecule has 4 heterocycles. The van der Waals surface area contributed by atoms with Crippen molar-refractivity contribution < 1.29 is 0 Å². The maximum atomic E-state index is 2.77. The molecule has 0 N–H and O–H groups in total. The topological polar surface area (TPSA) is 9.86 Å². The van der Waals surface area contributed by atoms with Crippen LogP contribution in [0.3, 0.4) is 0 Å². The molecular weight excluding hydrogens is 1100 g/mol. The molecule has 16 aromatic rings. The fourth-order valence-electron chi connectivity index (χ4n) is 16.7. The van der Waals surface area contributed by atoms with E-state index in [-0.39, 0.29) is 28.4 Å². The van der Waals surface area contributed by atoms with Gasteiger partial charge in [0.1, 0.15) is 0 Å². The number of aromatic nitrogens is 2. The maximum absolute atomic E-state index is 2.77. The van der Waals surface area contributed by atoms with Gasteiger partial charge in [-0.2, -0.15) is 0 Å². The molecule has 2 aromatic heterocycles. The van der Waals surface area contributed by atoms with E-state index < -0.39 is 0 Å². The summed E-state index contributed by atoms with van der Waals surface area (Å²) in [5, 5.41) is 20.8. The second-order valence-corrected chi connectivity index (χ2v) is 30.8. The Morgan fingerprint density at radius 1 is 0.264 bits per heavy atom. The quantitative estimate of drug-likeness (QED) is 0.123. The molecule has 0 saturated heterocycles. The fraction of sp³-hybridized carbons (Fsp3) is 0.182. The van der Waals surface area contributed by atoms with Gasteiger partial charge in [-0.25, -0.2) is 0 Å². The number of fused-ring (bicyclic) bond motifs is 24. The summed E-state index contributed by atoms with van der Waals surface area (Å²) in [6.07, 6.45) is 0. The van der Waals surface area contributed by atoms with E-state index in [1.165, 1.54) is 192 Å². The summed E-state index contributed by atoms with van der Waals surface area (Å²) in [7, 11) is 0. The van der Waals surface area contributed by atoms with Crippen molar-refractivity contribution in [2.24, 2.45) is 0 Å². The summed E-state index contributed by atoms with van der Waals surface area (Å²) in [4.78, 5) is 0. The molecule has 18 rings (SSSR count). The first-order valence-electron chi connectivity index (χ1n) is 32.9. The minimum absolute atomic E-state index is 0.00868. The van der Waals surface area contributed by atoms with Gasteiger partial charge in [0, 0.05) is 49.2 Å². The molecular formula is C88H73BN2. The van der Waals surface area contributed by atoms with Gasteiger partial charge in [-0.1, -0.05) is 271 Å². The van der Waals surface area contributed by atoms with Crippen LogP contribution >= 0.6 is 0 Å². The van der Waals surface area contributed by atoms with Crippen molar-refractivity contribution in [1.82, 2.24) is 9.13 Å². The van der Waals surface area contributed by atoms with Crippen molar-refractivity contribution in [3.05, 3.63) is 247 Å². The fourth-order valence-corrected chi connectivity index (χ4v) is 16.7. The molecule has 0 bridgehead atoms. The van der Waals surface area contributed by atoms with Crippen LogP contribution in [0.1, 0.15) is 105 Å². The first kappa shape index (κ1) is 54.3. The third-order valence-electron chi connectivity index (χ3n) is 21.3. The van der Waals surface area contributed by atoms with E-state index >= 15 is 0 Å². The van der Waals surface area contributed by atoms with E-state index in [0.29, 0.717) is 0 Å². The van der Waals surface area contributed by atoms with Crippen molar-refractivity contribution in [3.8, 4) is 44.8 Å². The minimum Gasteiger partial charge on any atom is -0.310 e. The molecule has 0 atom stereocenters. The van der Waals surface area contributed by atoms with Crippen LogP contribution in [-0.4, -0.2) is 15.8 Å². The molecule has 14 aromatic carbocycles. The predicted molar refractivity (Wildman–Crippen MR) is 396 cm³/mol. The van der Waals surface area contributed by atoms with Crippen LogP contribution in [0, 0.1) is 0 Å². The molecule has 0 spiro atoms. The molecule has 0 aliphatic carbocycles. The van der Waals surface area contributed by atoms with Gasteiger partial charge in [-0.05, 0) is 184 Å². The van der Waals surface area contributed by atoms with Crippen molar-refractivity contribution in [1.29, 1.82) is 0 Å². The Bertz CT molecular complexity index is 5790. The Kier molecular flexibility index (Phi) is 11.0. The Morgan fingerprint density at radius 2 is 0.670 bits per heavy atom. The van der Waals surface area contributed by atoms with Crippen LogP contribution in [0.2, 0.25) is 0 Å². The Hall–Kier alpha value is -9.70. The highest BCUT2D eigenvalue weighted by Gasteiger charge is 2.43. The molecule has 2 aliphatic rings. The lowest BCUT2D eigenvalue weighted by Crippen LogP contribution is -2.59. The average Bonchev–Trinajstić information content (AvgIpc) is 1.55. The number of benzene rings is 14. The first-order valence-corrected chi connectivity index (χ1v) is 32.9. The normalized spacial score (nSPS) is 13.5. The zero-order chi connectivity index (χ0) is 62.1. The van der Waals surface area contributed by atoms with Crippen LogP contribution < -0.4 is 16.4 Å². The molecule has 0 fully saturated rings. The van der Waals surface area contributed by atoms with Gasteiger partial charge < -0.3 is 9.13 Å². The molecule has 0 amide bonds. The summed E-state index contributed by atoms with van der Waals surface area (Å²) in [5.74, 6) is 0. The van der Waals surface area contributed by atoms with Gasteiger partial charge >= 0.3 is 0 Å². The number of hydrogen-bond acceptors (Lipinski definition) is 0. The lowest BCUT2D eigenvalue weighted by Gasteiger charge is -2.35. The smallest absolute Gasteiger partial charge is 0.252 e. The van der Waals surface area contributed by atoms with Crippen LogP contribution in [0.5, 0.6) is 0 Å². The van der Waals surface area contributed by atoms with Crippen molar-refractivity contribution in [2.45, 2.75) is 105 Å². The van der Waals surface area contributed by atoms with Crippen LogP contribution in [-0.2, 0) is 21.7 Å². The number of rotatable bonds is 3. The second kappa shape index (κ2) is 18.5. The Labute approximate surface area is 533 Å². The van der Waals surface area contributed by atoms with Gasteiger partial charge in [0.2, 0.25) is 0 Å². The van der Waals surface area contributed by atoms with E-state index in [0.717, 1.165) is 0 Å². The Balaban J connectivity index is 1.09. The van der Waals surface area contributed by atoms with Crippen LogP contribution in [0.4, 0.5) is 0 Å². The monoisotopic (exact) mass is 1170 g/mol. The number of nitrogens with zero attached hydrogens (tertiary/aromatic N) is 2. The lowest BCUT2D eigenvalue weighted by molar-refractivity contribution is 0.590. The van der Waals surface area contributed by atoms with Gasteiger partial charge in [-0.3, -0.25) is 0 Å². The lowest BCUT2D eigenvalue weighted by atomic mass is 9.34. The predicted octanol–water partition coefficient (Wildman–Crippen LogP) is 22.1. The van der Waals surface area contributed by atoms with E-state index in [1.54, 1.807) is 0 Å². The minimum atomic E-state index is -0.135. The van der Waals surface area contributed by atoms with Gasteiger partial charge in [-0.15, -0.1) is 0 Å². The van der Waals surface area contributed by atoms with Crippen molar-refractivity contribution in [3.63, 3.8) is 0 Å². The highest BCUT2D eigenvalue weighted by molar-refractivity contribution is 7.00. The highest BCUT2D eigenvalue weighted by Crippen LogP contribution is 2.52. The summed E-state index contributed by atoms with van der Waals surface area (Å²) < 4.78 is 5.48. The van der Waals surface area contributed by atoms with Gasteiger partial charge in [0.25, 0.3) is 6.71 Å². The van der Waals surface area contributed by atoms with Crippen molar-refractivity contribution >= 4 is 131 Å². The van der Waals surface area contributed by atoms with Gasteiger partial charge in [0.05, 0.1) is 16.6 Å². The van der Waals surface area contributed by atoms with Crippen molar-refractivity contribution in [2.75, 3.05) is 0 Å². The standard InChI is InChI=1S/C88H73BN2/c1-85(2,3)53-36-32-50(33-37-53)57-30-21-31-58(51-34-38-54(39-35-51)86(4,5)6)77(57)52-44-75-82-76(45-52)91-74-43-41-67-63-26-15-13-22-59(63)61-24-17-19-28-65(61)78(67)80(74)81-79-66-29-20-18-25-62(66)60-23-14-16-27-64(60)69(79)49-72(84(81)91)89(82)71-48-56(88(10,11)12)47-70-68-46-55(87(7,8)9)40-42-73(68)90(75)83(70)71/h13-49H,1-12H3. The molecule has 438 valence electrons. The van der Waals surface area contributed by atoms with E-state index in [9.17, 15) is 0 Å². The largest absolute Gasteiger partial charge is 0.310 e. The second-order valence-electron chi connectivity index (χ2n) is 30.8. The average molecular weight is 1170 g/mol. The molecule has 2 nitrogen and oxygen atoms in total. The SMILES string of the molecule is CC(C)(C)c1ccc(-c2cccc(-c3ccc(C(C)(C)C)cc3)c2-c2cc3c4c(c2)-n2c5ccc6c7ccccc7c7ccccc7c6c5c5c6c7ccccc7c7ccccc7c6cc(c52)B4c2cc(C(C)(C)C)cc4c5cc(C(C)(C)C)ccc5n-3c24)cc1. The maximum Gasteiger partial charge on any atom is 0.252 e. The summed E-state index contributed by atoms with van der Waals surface area (Å²) in [6.45, 7) is 28.1. The van der Waals surface area contributed by atoms with Gasteiger partial charge in [0.15, 0.2) is 0 Å². The zero-order valence-electron chi connectivity index (χ0n) is 54.3. The molecule has 0 unspecified atom stereocenters.